The topological polar surface area (TPSA) is 59.5 Å². The SMILES string of the molecule is O=Cc1ncccc1OC[C@H]1CCCN1C(=O)[C@H]1CC[C@H](C(F)(F)F)CC1. The Kier molecular flexibility index (Phi) is 6.01. The Balaban J connectivity index is 1.56. The van der Waals surface area contributed by atoms with Crippen molar-refractivity contribution in [1.82, 2.24) is 9.88 Å². The number of amides is 1. The van der Waals surface area contributed by atoms with Crippen molar-refractivity contribution in [3.8, 4) is 5.75 Å². The maximum atomic E-state index is 12.8. The van der Waals surface area contributed by atoms with E-state index in [1.165, 1.54) is 6.20 Å². The van der Waals surface area contributed by atoms with Crippen LogP contribution in [0, 0.1) is 11.8 Å². The largest absolute Gasteiger partial charge is 0.489 e. The molecular formula is C19H23F3N2O3. The second-order valence-electron chi connectivity index (χ2n) is 7.23. The van der Waals surface area contributed by atoms with E-state index < -0.39 is 12.1 Å². The number of nitrogens with zero attached hydrogens (tertiary/aromatic N) is 2. The minimum atomic E-state index is -4.17. The van der Waals surface area contributed by atoms with Gasteiger partial charge in [0.2, 0.25) is 5.91 Å². The lowest BCUT2D eigenvalue weighted by molar-refractivity contribution is -0.185. The Labute approximate surface area is 155 Å². The lowest BCUT2D eigenvalue weighted by atomic mass is 9.81. The second kappa shape index (κ2) is 8.27. The molecule has 1 saturated carbocycles. The van der Waals surface area contributed by atoms with Gasteiger partial charge in [-0.1, -0.05) is 0 Å². The van der Waals surface area contributed by atoms with Crippen LogP contribution in [0.15, 0.2) is 18.3 Å². The van der Waals surface area contributed by atoms with Gasteiger partial charge in [-0.15, -0.1) is 0 Å². The van der Waals surface area contributed by atoms with Gasteiger partial charge in [0, 0.05) is 18.7 Å². The quantitative estimate of drug-likeness (QED) is 0.728. The summed E-state index contributed by atoms with van der Waals surface area (Å²) >= 11 is 0. The highest BCUT2D eigenvalue weighted by atomic mass is 19.4. The number of aldehydes is 1. The summed E-state index contributed by atoms with van der Waals surface area (Å²) < 4.78 is 44.1. The monoisotopic (exact) mass is 384 g/mol. The predicted octanol–water partition coefficient (Wildman–Crippen LogP) is 3.63. The van der Waals surface area contributed by atoms with Crippen molar-refractivity contribution >= 4 is 12.2 Å². The zero-order valence-electron chi connectivity index (χ0n) is 15.0. The molecule has 5 nitrogen and oxygen atoms in total. The molecule has 2 aliphatic rings. The van der Waals surface area contributed by atoms with E-state index in [4.69, 9.17) is 4.74 Å². The zero-order valence-corrected chi connectivity index (χ0v) is 15.0. The number of halogens is 3. The molecule has 1 aromatic rings. The van der Waals surface area contributed by atoms with Crippen molar-refractivity contribution in [1.29, 1.82) is 0 Å². The molecule has 0 bridgehead atoms. The smallest absolute Gasteiger partial charge is 0.391 e. The first-order chi connectivity index (χ1) is 12.9. The molecule has 0 unspecified atom stereocenters. The van der Waals surface area contributed by atoms with Crippen LogP contribution in [-0.4, -0.2) is 47.4 Å². The first kappa shape index (κ1) is 19.6. The summed E-state index contributed by atoms with van der Waals surface area (Å²) in [6.07, 6.45) is 0.172. The van der Waals surface area contributed by atoms with Crippen molar-refractivity contribution in [3.63, 3.8) is 0 Å². The van der Waals surface area contributed by atoms with E-state index in [1.54, 1.807) is 17.0 Å². The molecule has 27 heavy (non-hydrogen) atoms. The number of aromatic nitrogens is 1. The number of hydrogen-bond acceptors (Lipinski definition) is 4. The van der Waals surface area contributed by atoms with Crippen LogP contribution < -0.4 is 4.74 Å². The number of likely N-dealkylation sites (tertiary alicyclic amines) is 1. The van der Waals surface area contributed by atoms with Crippen LogP contribution in [0.5, 0.6) is 5.75 Å². The lowest BCUT2D eigenvalue weighted by Gasteiger charge is -2.33. The molecule has 1 aliphatic carbocycles. The second-order valence-corrected chi connectivity index (χ2v) is 7.23. The van der Waals surface area contributed by atoms with Gasteiger partial charge in [-0.25, -0.2) is 4.98 Å². The van der Waals surface area contributed by atoms with Crippen LogP contribution in [0.3, 0.4) is 0 Å². The highest BCUT2D eigenvalue weighted by Crippen LogP contribution is 2.40. The maximum absolute atomic E-state index is 12.8. The Morgan fingerprint density at radius 1 is 1.26 bits per heavy atom. The Hall–Kier alpha value is -2.12. The third-order valence-electron chi connectivity index (χ3n) is 5.54. The van der Waals surface area contributed by atoms with Gasteiger partial charge < -0.3 is 9.64 Å². The summed E-state index contributed by atoms with van der Waals surface area (Å²) in [5.74, 6) is -1.32. The Bertz CT molecular complexity index is 672. The molecule has 1 saturated heterocycles. The van der Waals surface area contributed by atoms with E-state index in [0.717, 1.165) is 12.8 Å². The minimum Gasteiger partial charge on any atom is -0.489 e. The van der Waals surface area contributed by atoms with Crippen LogP contribution >= 0.6 is 0 Å². The highest BCUT2D eigenvalue weighted by molar-refractivity contribution is 5.79. The van der Waals surface area contributed by atoms with Crippen molar-refractivity contribution in [2.75, 3.05) is 13.2 Å². The number of hydrogen-bond donors (Lipinski definition) is 0. The third-order valence-corrected chi connectivity index (χ3v) is 5.54. The fraction of sp³-hybridized carbons (Fsp3) is 0.632. The standard InChI is InChI=1S/C19H23F3N2O3/c20-19(21,22)14-7-5-13(6-8-14)18(26)24-10-2-3-15(24)12-27-17-4-1-9-23-16(17)11-25/h1,4,9,11,13-15H,2-3,5-8,10,12H2/t13-,14-,15-/m1/s1. The van der Waals surface area contributed by atoms with Crippen molar-refractivity contribution < 1.29 is 27.5 Å². The molecule has 1 atom stereocenters. The van der Waals surface area contributed by atoms with Crippen molar-refractivity contribution in [3.05, 3.63) is 24.0 Å². The van der Waals surface area contributed by atoms with E-state index in [9.17, 15) is 22.8 Å². The summed E-state index contributed by atoms with van der Waals surface area (Å²) in [6, 6.07) is 3.19. The van der Waals surface area contributed by atoms with Gasteiger partial charge in [-0.2, -0.15) is 13.2 Å². The number of carbonyl (C=O) groups excluding carboxylic acids is 2. The number of alkyl halides is 3. The van der Waals surface area contributed by atoms with Gasteiger partial charge in [-0.3, -0.25) is 9.59 Å². The Morgan fingerprint density at radius 2 is 2.00 bits per heavy atom. The normalized spacial score (nSPS) is 26.0. The molecule has 8 heteroatoms. The minimum absolute atomic E-state index is 0.0211. The van der Waals surface area contributed by atoms with Crippen LogP contribution in [0.4, 0.5) is 13.2 Å². The summed E-state index contributed by atoms with van der Waals surface area (Å²) in [7, 11) is 0. The van der Waals surface area contributed by atoms with Gasteiger partial charge in [0.25, 0.3) is 0 Å². The van der Waals surface area contributed by atoms with Crippen molar-refractivity contribution in [2.45, 2.75) is 50.7 Å². The number of rotatable bonds is 5. The first-order valence-corrected chi connectivity index (χ1v) is 9.30. The fourth-order valence-electron chi connectivity index (χ4n) is 4.00. The van der Waals surface area contributed by atoms with Crippen LogP contribution in [0.25, 0.3) is 0 Å². The molecule has 0 spiro atoms. The summed E-state index contributed by atoms with van der Waals surface area (Å²) in [4.78, 5) is 29.5. The average molecular weight is 384 g/mol. The Morgan fingerprint density at radius 3 is 2.67 bits per heavy atom. The molecule has 1 aromatic heterocycles. The lowest BCUT2D eigenvalue weighted by Crippen LogP contribution is -2.43. The highest BCUT2D eigenvalue weighted by Gasteiger charge is 2.43. The van der Waals surface area contributed by atoms with E-state index in [-0.39, 0.29) is 55.9 Å². The average Bonchev–Trinajstić information content (AvgIpc) is 3.14. The summed E-state index contributed by atoms with van der Waals surface area (Å²) in [5, 5.41) is 0. The van der Waals surface area contributed by atoms with Crippen LogP contribution in [-0.2, 0) is 4.79 Å². The van der Waals surface area contributed by atoms with E-state index in [1.807, 2.05) is 0 Å². The molecule has 1 amide bonds. The summed E-state index contributed by atoms with van der Waals surface area (Å²) in [6.45, 7) is 0.843. The van der Waals surface area contributed by atoms with Crippen LogP contribution in [0.1, 0.15) is 49.0 Å². The van der Waals surface area contributed by atoms with E-state index in [0.29, 0.717) is 18.6 Å². The summed E-state index contributed by atoms with van der Waals surface area (Å²) in [5.41, 5.74) is 0.207. The fourth-order valence-corrected chi connectivity index (χ4v) is 4.00. The zero-order chi connectivity index (χ0) is 19.4. The molecule has 0 N–H and O–H groups in total. The van der Waals surface area contributed by atoms with Gasteiger partial charge >= 0.3 is 6.18 Å². The molecule has 0 aromatic carbocycles. The molecule has 148 valence electrons. The molecule has 2 fully saturated rings. The van der Waals surface area contributed by atoms with Gasteiger partial charge in [0.05, 0.1) is 12.0 Å². The molecule has 1 aliphatic heterocycles. The first-order valence-electron chi connectivity index (χ1n) is 9.30. The molecular weight excluding hydrogens is 361 g/mol. The third kappa shape index (κ3) is 4.59. The van der Waals surface area contributed by atoms with Gasteiger partial charge in [-0.05, 0) is 50.7 Å². The van der Waals surface area contributed by atoms with Gasteiger partial charge in [0.15, 0.2) is 6.29 Å². The van der Waals surface area contributed by atoms with E-state index in [2.05, 4.69) is 4.98 Å². The molecule has 2 heterocycles. The number of carbonyl (C=O) groups is 2. The van der Waals surface area contributed by atoms with Crippen molar-refractivity contribution in [2.24, 2.45) is 11.8 Å². The number of ether oxygens (including phenoxy) is 1. The number of pyridine rings is 1. The predicted molar refractivity (Wildman–Crippen MR) is 91.4 cm³/mol. The van der Waals surface area contributed by atoms with E-state index >= 15 is 0 Å². The molecule has 3 rings (SSSR count). The molecule has 0 radical (unpaired) electrons. The van der Waals surface area contributed by atoms with Gasteiger partial charge in [0.1, 0.15) is 18.1 Å². The maximum Gasteiger partial charge on any atom is 0.391 e. The van der Waals surface area contributed by atoms with Crippen LogP contribution in [0.2, 0.25) is 0 Å².